The lowest BCUT2D eigenvalue weighted by Crippen LogP contribution is -2.26. The highest BCUT2D eigenvalue weighted by Crippen LogP contribution is 2.24. The summed E-state index contributed by atoms with van der Waals surface area (Å²) in [6.45, 7) is 4.92. The Labute approximate surface area is 147 Å². The first kappa shape index (κ1) is 16.9. The summed E-state index contributed by atoms with van der Waals surface area (Å²) in [7, 11) is 0. The van der Waals surface area contributed by atoms with E-state index < -0.39 is 0 Å². The maximum Gasteiger partial charge on any atom is 0.269 e. The van der Waals surface area contributed by atoms with Crippen LogP contribution in [0.4, 0.5) is 11.4 Å². The Morgan fingerprint density at radius 1 is 1.08 bits per heavy atom. The van der Waals surface area contributed by atoms with E-state index >= 15 is 0 Å². The van der Waals surface area contributed by atoms with Crippen LogP contribution in [0.25, 0.3) is 10.9 Å². The molecular formula is C20H22N4O. The van der Waals surface area contributed by atoms with Crippen LogP contribution in [0.2, 0.25) is 0 Å². The monoisotopic (exact) mass is 334 g/mol. The molecule has 3 rings (SSSR count). The van der Waals surface area contributed by atoms with Crippen molar-refractivity contribution in [2.75, 3.05) is 11.9 Å². The van der Waals surface area contributed by atoms with E-state index in [1.165, 1.54) is 0 Å². The lowest BCUT2D eigenvalue weighted by Gasteiger charge is -2.10. The Morgan fingerprint density at radius 2 is 1.92 bits per heavy atom. The quantitative estimate of drug-likeness (QED) is 0.711. The van der Waals surface area contributed by atoms with Crippen molar-refractivity contribution in [2.24, 2.45) is 5.92 Å². The van der Waals surface area contributed by atoms with Gasteiger partial charge in [-0.15, -0.1) is 0 Å². The maximum absolute atomic E-state index is 12.2. The van der Waals surface area contributed by atoms with Gasteiger partial charge in [0, 0.05) is 30.0 Å². The number of aromatic nitrogens is 2. The van der Waals surface area contributed by atoms with Gasteiger partial charge in [0.05, 0.1) is 11.2 Å². The van der Waals surface area contributed by atoms with Crippen LogP contribution in [0, 0.1) is 5.92 Å². The highest BCUT2D eigenvalue weighted by atomic mass is 16.1. The van der Waals surface area contributed by atoms with Crippen molar-refractivity contribution in [2.45, 2.75) is 20.3 Å². The summed E-state index contributed by atoms with van der Waals surface area (Å²) in [6, 6.07) is 13.5. The molecule has 2 aromatic heterocycles. The van der Waals surface area contributed by atoms with Gasteiger partial charge < -0.3 is 10.6 Å². The molecule has 1 amide bonds. The Balaban J connectivity index is 1.76. The SMILES string of the molecule is CC(C)CCNC(=O)c1cc(Nc2cccc3cccnc23)ccn1. The predicted molar refractivity (Wildman–Crippen MR) is 101 cm³/mol. The van der Waals surface area contributed by atoms with Gasteiger partial charge in [-0.2, -0.15) is 0 Å². The normalized spacial score (nSPS) is 10.8. The third-order valence-electron chi connectivity index (χ3n) is 3.91. The number of carbonyl (C=O) groups is 1. The van der Waals surface area contributed by atoms with Gasteiger partial charge in [-0.25, -0.2) is 0 Å². The minimum atomic E-state index is -0.152. The summed E-state index contributed by atoms with van der Waals surface area (Å²) in [4.78, 5) is 20.8. The minimum Gasteiger partial charge on any atom is -0.354 e. The lowest BCUT2D eigenvalue weighted by molar-refractivity contribution is 0.0947. The van der Waals surface area contributed by atoms with Crippen LogP contribution < -0.4 is 10.6 Å². The zero-order chi connectivity index (χ0) is 17.6. The second kappa shape index (κ2) is 7.75. The molecule has 0 saturated carbocycles. The van der Waals surface area contributed by atoms with Crippen LogP contribution >= 0.6 is 0 Å². The molecule has 25 heavy (non-hydrogen) atoms. The number of amides is 1. The Morgan fingerprint density at radius 3 is 2.76 bits per heavy atom. The number of hydrogen-bond donors (Lipinski definition) is 2. The number of carbonyl (C=O) groups excluding carboxylic acids is 1. The average Bonchev–Trinajstić information content (AvgIpc) is 2.62. The fourth-order valence-corrected chi connectivity index (χ4v) is 2.56. The summed E-state index contributed by atoms with van der Waals surface area (Å²) < 4.78 is 0. The van der Waals surface area contributed by atoms with Crippen molar-refractivity contribution >= 4 is 28.2 Å². The molecule has 1 aromatic carbocycles. The van der Waals surface area contributed by atoms with Gasteiger partial charge in [0.25, 0.3) is 5.91 Å². The number of nitrogens with zero attached hydrogens (tertiary/aromatic N) is 2. The van der Waals surface area contributed by atoms with E-state index in [4.69, 9.17) is 0 Å². The fraction of sp³-hybridized carbons (Fsp3) is 0.250. The Hall–Kier alpha value is -2.95. The topological polar surface area (TPSA) is 66.9 Å². The molecule has 0 aliphatic heterocycles. The molecule has 0 spiro atoms. The molecule has 5 nitrogen and oxygen atoms in total. The van der Waals surface area contributed by atoms with Crippen molar-refractivity contribution in [3.8, 4) is 0 Å². The molecule has 0 radical (unpaired) electrons. The second-order valence-electron chi connectivity index (χ2n) is 6.37. The summed E-state index contributed by atoms with van der Waals surface area (Å²) >= 11 is 0. The average molecular weight is 334 g/mol. The molecule has 0 aliphatic rings. The van der Waals surface area contributed by atoms with Gasteiger partial charge in [-0.3, -0.25) is 14.8 Å². The highest BCUT2D eigenvalue weighted by molar-refractivity contribution is 5.94. The number of fused-ring (bicyclic) bond motifs is 1. The third kappa shape index (κ3) is 4.32. The fourth-order valence-electron chi connectivity index (χ4n) is 2.56. The minimum absolute atomic E-state index is 0.152. The number of anilines is 2. The van der Waals surface area contributed by atoms with Crippen LogP contribution in [-0.4, -0.2) is 22.4 Å². The van der Waals surface area contributed by atoms with Crippen LogP contribution in [0.3, 0.4) is 0 Å². The van der Waals surface area contributed by atoms with Crippen molar-refractivity contribution in [1.82, 2.24) is 15.3 Å². The Bertz CT molecular complexity index is 871. The highest BCUT2D eigenvalue weighted by Gasteiger charge is 2.09. The molecule has 0 atom stereocenters. The molecule has 0 saturated heterocycles. The van der Waals surface area contributed by atoms with E-state index in [2.05, 4.69) is 34.4 Å². The van der Waals surface area contributed by atoms with Gasteiger partial charge in [-0.1, -0.05) is 32.0 Å². The molecule has 0 fully saturated rings. The largest absolute Gasteiger partial charge is 0.354 e. The van der Waals surface area contributed by atoms with Crippen molar-refractivity contribution < 1.29 is 4.79 Å². The summed E-state index contributed by atoms with van der Waals surface area (Å²) in [6.07, 6.45) is 4.36. The lowest BCUT2D eigenvalue weighted by atomic mass is 10.1. The molecule has 5 heteroatoms. The van der Waals surface area contributed by atoms with E-state index in [9.17, 15) is 4.79 Å². The molecule has 3 aromatic rings. The molecule has 2 N–H and O–H groups in total. The van der Waals surface area contributed by atoms with E-state index in [0.717, 1.165) is 28.7 Å². The van der Waals surface area contributed by atoms with Crippen LogP contribution in [0.15, 0.2) is 54.9 Å². The number of benzene rings is 1. The molecular weight excluding hydrogens is 312 g/mol. The first-order chi connectivity index (χ1) is 12.1. The maximum atomic E-state index is 12.2. The van der Waals surface area contributed by atoms with Gasteiger partial charge >= 0.3 is 0 Å². The van der Waals surface area contributed by atoms with Crippen LogP contribution in [0.5, 0.6) is 0 Å². The van der Waals surface area contributed by atoms with E-state index in [-0.39, 0.29) is 5.91 Å². The first-order valence-corrected chi connectivity index (χ1v) is 8.48. The van der Waals surface area contributed by atoms with E-state index in [1.807, 2.05) is 36.4 Å². The van der Waals surface area contributed by atoms with Gasteiger partial charge in [-0.05, 0) is 36.6 Å². The zero-order valence-corrected chi connectivity index (χ0v) is 14.5. The molecule has 2 heterocycles. The van der Waals surface area contributed by atoms with Gasteiger partial charge in [0.2, 0.25) is 0 Å². The number of hydrogen-bond acceptors (Lipinski definition) is 4. The number of para-hydroxylation sites is 1. The first-order valence-electron chi connectivity index (χ1n) is 8.48. The van der Waals surface area contributed by atoms with Crippen molar-refractivity contribution in [1.29, 1.82) is 0 Å². The van der Waals surface area contributed by atoms with Gasteiger partial charge in [0.1, 0.15) is 5.69 Å². The summed E-state index contributed by atoms with van der Waals surface area (Å²) in [5.74, 6) is 0.403. The smallest absolute Gasteiger partial charge is 0.269 e. The Kier molecular flexibility index (Phi) is 5.23. The number of pyridine rings is 2. The van der Waals surface area contributed by atoms with Gasteiger partial charge in [0.15, 0.2) is 0 Å². The van der Waals surface area contributed by atoms with Crippen molar-refractivity contribution in [3.63, 3.8) is 0 Å². The van der Waals surface area contributed by atoms with Crippen LogP contribution in [0.1, 0.15) is 30.8 Å². The molecule has 128 valence electrons. The number of nitrogens with one attached hydrogen (secondary N) is 2. The second-order valence-corrected chi connectivity index (χ2v) is 6.37. The standard InChI is InChI=1S/C20H22N4O/c1-14(2)8-11-23-20(25)18-13-16(9-12-21-18)24-17-7-3-5-15-6-4-10-22-19(15)17/h3-7,9-10,12-14H,8,11H2,1-2H3,(H,21,24)(H,23,25). The predicted octanol–water partition coefficient (Wildman–Crippen LogP) is 4.15. The zero-order valence-electron chi connectivity index (χ0n) is 14.5. The molecule has 0 bridgehead atoms. The molecule has 0 unspecified atom stereocenters. The number of rotatable bonds is 6. The van der Waals surface area contributed by atoms with Crippen molar-refractivity contribution in [3.05, 3.63) is 60.6 Å². The third-order valence-corrected chi connectivity index (χ3v) is 3.91. The van der Waals surface area contributed by atoms with E-state index in [1.54, 1.807) is 18.5 Å². The summed E-state index contributed by atoms with van der Waals surface area (Å²) in [5, 5.41) is 7.31. The molecule has 0 aliphatic carbocycles. The summed E-state index contributed by atoms with van der Waals surface area (Å²) in [5.41, 5.74) is 3.00. The van der Waals surface area contributed by atoms with E-state index in [0.29, 0.717) is 18.2 Å². The van der Waals surface area contributed by atoms with Crippen LogP contribution in [-0.2, 0) is 0 Å².